The second-order valence-electron chi connectivity index (χ2n) is 4.69. The number of aromatic nitrogens is 5. The largest absolute Gasteiger partial charge is 0.333 e. The van der Waals surface area contributed by atoms with E-state index >= 15 is 0 Å². The van der Waals surface area contributed by atoms with E-state index < -0.39 is 0 Å². The first kappa shape index (κ1) is 14.2. The molecule has 0 fully saturated rings. The Balaban J connectivity index is 2.15. The molecule has 2 aromatic rings. The number of hydrogen-bond acceptors (Lipinski definition) is 4. The maximum atomic E-state index is 12.5. The first-order chi connectivity index (χ1) is 9.55. The molecule has 0 spiro atoms. The summed E-state index contributed by atoms with van der Waals surface area (Å²) in [6.45, 7) is 6.88. The Hall–Kier alpha value is -2.18. The number of aromatic amines is 1. The highest BCUT2D eigenvalue weighted by Gasteiger charge is 2.19. The van der Waals surface area contributed by atoms with Crippen molar-refractivity contribution in [1.82, 2.24) is 29.9 Å². The number of carbonyl (C=O) groups is 1. The molecule has 1 amide bonds. The van der Waals surface area contributed by atoms with Crippen LogP contribution in [0.15, 0.2) is 6.07 Å². The lowest BCUT2D eigenvalue weighted by Gasteiger charge is -2.15. The lowest BCUT2D eigenvalue weighted by molar-refractivity contribution is 0.0769. The lowest BCUT2D eigenvalue weighted by atomic mass is 10.3. The average molecular weight is 276 g/mol. The van der Waals surface area contributed by atoms with Crippen LogP contribution in [-0.4, -0.2) is 42.8 Å². The first-order valence-electron chi connectivity index (χ1n) is 6.75. The third-order valence-electron chi connectivity index (χ3n) is 3.08. The minimum atomic E-state index is -0.0681. The number of nitrogens with zero attached hydrogens (tertiary/aromatic N) is 5. The van der Waals surface area contributed by atoms with Gasteiger partial charge in [-0.3, -0.25) is 14.6 Å². The van der Waals surface area contributed by atoms with E-state index in [1.165, 1.54) is 0 Å². The smallest absolute Gasteiger partial charge is 0.272 e. The molecule has 0 atom stereocenters. The van der Waals surface area contributed by atoms with Crippen LogP contribution in [0.25, 0.3) is 0 Å². The van der Waals surface area contributed by atoms with Crippen LogP contribution in [0.2, 0.25) is 0 Å². The zero-order valence-corrected chi connectivity index (χ0v) is 12.3. The van der Waals surface area contributed by atoms with Crippen LogP contribution in [0.4, 0.5) is 0 Å². The van der Waals surface area contributed by atoms with Gasteiger partial charge in [-0.1, -0.05) is 6.92 Å². The molecule has 0 bridgehead atoms. The number of H-pyrrole nitrogens is 1. The fourth-order valence-corrected chi connectivity index (χ4v) is 2.00. The minimum absolute atomic E-state index is 0.0681. The van der Waals surface area contributed by atoms with E-state index in [9.17, 15) is 4.79 Å². The maximum absolute atomic E-state index is 12.5. The van der Waals surface area contributed by atoms with Gasteiger partial charge in [-0.15, -0.1) is 0 Å². The fourth-order valence-electron chi connectivity index (χ4n) is 2.00. The molecule has 7 heteroatoms. The van der Waals surface area contributed by atoms with Gasteiger partial charge in [0.25, 0.3) is 5.91 Å². The van der Waals surface area contributed by atoms with E-state index in [1.54, 1.807) is 16.6 Å². The van der Waals surface area contributed by atoms with Crippen molar-refractivity contribution < 1.29 is 4.79 Å². The molecule has 20 heavy (non-hydrogen) atoms. The van der Waals surface area contributed by atoms with Gasteiger partial charge in [-0.25, -0.2) is 4.98 Å². The Morgan fingerprint density at radius 1 is 1.45 bits per heavy atom. The SMILES string of the molecule is CCc1cc(C(=O)N(C)Cc2n[nH]c(C)n2)n(CC)n1. The molecule has 0 saturated heterocycles. The molecule has 7 nitrogen and oxygen atoms in total. The number of nitrogens with one attached hydrogen (secondary N) is 1. The Labute approximate surface area is 118 Å². The molecule has 1 N–H and O–H groups in total. The Kier molecular flexibility index (Phi) is 4.16. The van der Waals surface area contributed by atoms with Crippen molar-refractivity contribution in [3.05, 3.63) is 29.1 Å². The molecule has 0 aromatic carbocycles. The molecule has 0 aliphatic rings. The molecule has 0 radical (unpaired) electrons. The van der Waals surface area contributed by atoms with E-state index in [4.69, 9.17) is 0 Å². The van der Waals surface area contributed by atoms with Gasteiger partial charge in [0.2, 0.25) is 0 Å². The van der Waals surface area contributed by atoms with Gasteiger partial charge in [0.15, 0.2) is 5.82 Å². The van der Waals surface area contributed by atoms with Crippen LogP contribution in [0.3, 0.4) is 0 Å². The standard InChI is InChI=1S/C13H20N6O/c1-5-10-7-11(19(6-2)17-10)13(20)18(4)8-12-14-9(3)15-16-12/h7H,5-6,8H2,1-4H3,(H,14,15,16). The van der Waals surface area contributed by atoms with Crippen molar-refractivity contribution >= 4 is 5.91 Å². The molecular formula is C13H20N6O. The third kappa shape index (κ3) is 2.87. The predicted molar refractivity (Wildman–Crippen MR) is 74.2 cm³/mol. The van der Waals surface area contributed by atoms with Crippen LogP contribution >= 0.6 is 0 Å². The van der Waals surface area contributed by atoms with Crippen molar-refractivity contribution in [3.63, 3.8) is 0 Å². The average Bonchev–Trinajstić information content (AvgIpc) is 3.03. The summed E-state index contributed by atoms with van der Waals surface area (Å²) in [6, 6.07) is 1.85. The van der Waals surface area contributed by atoms with Gasteiger partial charge >= 0.3 is 0 Å². The van der Waals surface area contributed by atoms with Gasteiger partial charge in [0.05, 0.1) is 12.2 Å². The number of rotatable bonds is 5. The fraction of sp³-hybridized carbons (Fsp3) is 0.538. The normalized spacial score (nSPS) is 10.8. The summed E-state index contributed by atoms with van der Waals surface area (Å²) >= 11 is 0. The van der Waals surface area contributed by atoms with Gasteiger partial charge in [0.1, 0.15) is 11.5 Å². The second kappa shape index (κ2) is 5.85. The highest BCUT2D eigenvalue weighted by atomic mass is 16.2. The summed E-state index contributed by atoms with van der Waals surface area (Å²) in [7, 11) is 1.74. The van der Waals surface area contributed by atoms with Crippen LogP contribution < -0.4 is 0 Å². The number of aryl methyl sites for hydroxylation is 3. The Bertz CT molecular complexity index is 600. The number of carbonyl (C=O) groups excluding carboxylic acids is 1. The second-order valence-corrected chi connectivity index (χ2v) is 4.69. The van der Waals surface area contributed by atoms with Crippen LogP contribution in [0, 0.1) is 6.92 Å². The van der Waals surface area contributed by atoms with E-state index in [-0.39, 0.29) is 5.91 Å². The van der Waals surface area contributed by atoms with Crippen molar-refractivity contribution in [2.24, 2.45) is 0 Å². The predicted octanol–water partition coefficient (Wildman–Crippen LogP) is 1.16. The third-order valence-corrected chi connectivity index (χ3v) is 3.08. The van der Waals surface area contributed by atoms with Crippen molar-refractivity contribution in [2.75, 3.05) is 7.05 Å². The summed E-state index contributed by atoms with van der Waals surface area (Å²) < 4.78 is 1.74. The van der Waals surface area contributed by atoms with E-state index in [0.29, 0.717) is 24.6 Å². The van der Waals surface area contributed by atoms with Crippen LogP contribution in [0.5, 0.6) is 0 Å². The summed E-state index contributed by atoms with van der Waals surface area (Å²) in [5, 5.41) is 11.2. The first-order valence-corrected chi connectivity index (χ1v) is 6.75. The van der Waals surface area contributed by atoms with Crippen molar-refractivity contribution in [2.45, 2.75) is 40.3 Å². The maximum Gasteiger partial charge on any atom is 0.272 e. The molecule has 2 aromatic heterocycles. The number of hydrogen-bond donors (Lipinski definition) is 1. The molecule has 0 saturated carbocycles. The zero-order valence-electron chi connectivity index (χ0n) is 12.3. The summed E-state index contributed by atoms with van der Waals surface area (Å²) in [4.78, 5) is 18.3. The van der Waals surface area contributed by atoms with E-state index in [2.05, 4.69) is 20.3 Å². The highest BCUT2D eigenvalue weighted by Crippen LogP contribution is 2.10. The summed E-state index contributed by atoms with van der Waals surface area (Å²) in [5.74, 6) is 1.28. The molecule has 0 aliphatic carbocycles. The van der Waals surface area contributed by atoms with Gasteiger partial charge in [-0.05, 0) is 26.3 Å². The Morgan fingerprint density at radius 2 is 2.20 bits per heavy atom. The molecule has 108 valence electrons. The quantitative estimate of drug-likeness (QED) is 0.888. The summed E-state index contributed by atoms with van der Waals surface area (Å²) in [5.41, 5.74) is 1.54. The minimum Gasteiger partial charge on any atom is -0.333 e. The zero-order chi connectivity index (χ0) is 14.7. The van der Waals surface area contributed by atoms with Gasteiger partial charge < -0.3 is 4.90 Å². The molecular weight excluding hydrogens is 256 g/mol. The van der Waals surface area contributed by atoms with Gasteiger partial charge in [-0.2, -0.15) is 10.2 Å². The van der Waals surface area contributed by atoms with Crippen LogP contribution in [0.1, 0.15) is 41.7 Å². The molecule has 0 aliphatic heterocycles. The van der Waals surface area contributed by atoms with Gasteiger partial charge in [0, 0.05) is 13.6 Å². The lowest BCUT2D eigenvalue weighted by Crippen LogP contribution is -2.28. The molecule has 0 unspecified atom stereocenters. The summed E-state index contributed by atoms with van der Waals surface area (Å²) in [6.07, 6.45) is 0.817. The van der Waals surface area contributed by atoms with Crippen molar-refractivity contribution in [1.29, 1.82) is 0 Å². The van der Waals surface area contributed by atoms with Crippen LogP contribution in [-0.2, 0) is 19.5 Å². The van der Waals surface area contributed by atoms with E-state index in [1.807, 2.05) is 26.8 Å². The topological polar surface area (TPSA) is 79.7 Å². The molecule has 2 heterocycles. The highest BCUT2D eigenvalue weighted by molar-refractivity contribution is 5.92. The molecule has 2 rings (SSSR count). The van der Waals surface area contributed by atoms with E-state index in [0.717, 1.165) is 17.9 Å². The number of amides is 1. The van der Waals surface area contributed by atoms with Crippen molar-refractivity contribution in [3.8, 4) is 0 Å². The monoisotopic (exact) mass is 276 g/mol. The Morgan fingerprint density at radius 3 is 2.75 bits per heavy atom.